The zero-order chi connectivity index (χ0) is 7.19. The van der Waals surface area contributed by atoms with E-state index >= 15 is 0 Å². The van der Waals surface area contributed by atoms with Gasteiger partial charge in [0.2, 0.25) is 0 Å². The highest BCUT2D eigenvalue weighted by Crippen LogP contribution is 2.46. The Morgan fingerprint density at radius 3 is 3.10 bits per heavy atom. The van der Waals surface area contributed by atoms with Crippen LogP contribution in [0.1, 0.15) is 6.42 Å². The van der Waals surface area contributed by atoms with Crippen molar-refractivity contribution in [2.75, 3.05) is 6.61 Å². The van der Waals surface area contributed by atoms with Crippen LogP contribution in [-0.4, -0.2) is 18.2 Å². The molecule has 1 spiro atoms. The second kappa shape index (κ2) is 1.54. The van der Waals surface area contributed by atoms with Crippen molar-refractivity contribution in [2.24, 2.45) is 5.92 Å². The number of nitrogens with one attached hydrogen (secondary N) is 1. The maximum absolute atomic E-state index is 10.6. The molecule has 2 fully saturated rings. The summed E-state index contributed by atoms with van der Waals surface area (Å²) >= 11 is 0. The third-order valence-electron chi connectivity index (χ3n) is 2.23. The van der Waals surface area contributed by atoms with Crippen LogP contribution in [0.2, 0.25) is 0 Å². The summed E-state index contributed by atoms with van der Waals surface area (Å²) in [5, 5.41) is 2.77. The number of alkyl carbamates (subject to hydrolysis) is 1. The molecule has 0 aromatic heterocycles. The largest absolute Gasteiger partial charge is 0.447 e. The lowest BCUT2D eigenvalue weighted by Gasteiger charge is -2.00. The van der Waals surface area contributed by atoms with Crippen LogP contribution in [0, 0.1) is 5.92 Å². The summed E-state index contributed by atoms with van der Waals surface area (Å²) in [7, 11) is 0. The SMILES string of the molecule is C=C[C@@H]1C[C@@]12COC(=O)N2. The zero-order valence-electron chi connectivity index (χ0n) is 5.59. The van der Waals surface area contributed by atoms with Crippen LogP contribution in [-0.2, 0) is 4.74 Å². The fraction of sp³-hybridized carbons (Fsp3) is 0.571. The van der Waals surface area contributed by atoms with E-state index in [9.17, 15) is 4.79 Å². The highest BCUT2D eigenvalue weighted by Gasteiger charge is 2.58. The second-order valence-electron chi connectivity index (χ2n) is 2.90. The van der Waals surface area contributed by atoms with Gasteiger partial charge in [-0.15, -0.1) is 6.58 Å². The van der Waals surface area contributed by atoms with E-state index in [4.69, 9.17) is 4.74 Å². The van der Waals surface area contributed by atoms with Gasteiger partial charge < -0.3 is 10.1 Å². The average Bonchev–Trinajstić information content (AvgIpc) is 2.46. The van der Waals surface area contributed by atoms with Crippen molar-refractivity contribution < 1.29 is 9.53 Å². The fourth-order valence-electron chi connectivity index (χ4n) is 1.42. The lowest BCUT2D eigenvalue weighted by atomic mass is 10.2. The molecule has 2 aliphatic rings. The quantitative estimate of drug-likeness (QED) is 0.542. The molecular weight excluding hydrogens is 130 g/mol. The maximum atomic E-state index is 10.6. The zero-order valence-corrected chi connectivity index (χ0v) is 5.59. The topological polar surface area (TPSA) is 38.3 Å². The summed E-state index contributed by atoms with van der Waals surface area (Å²) in [6.07, 6.45) is 2.57. The Morgan fingerprint density at radius 2 is 2.70 bits per heavy atom. The Hall–Kier alpha value is -0.990. The highest BCUT2D eigenvalue weighted by atomic mass is 16.6. The van der Waals surface area contributed by atoms with Crippen molar-refractivity contribution in [3.8, 4) is 0 Å². The number of hydrogen-bond donors (Lipinski definition) is 1. The molecule has 1 aliphatic carbocycles. The van der Waals surface area contributed by atoms with Crippen molar-refractivity contribution in [1.29, 1.82) is 0 Å². The second-order valence-corrected chi connectivity index (χ2v) is 2.90. The highest BCUT2D eigenvalue weighted by molar-refractivity contribution is 5.72. The first kappa shape index (κ1) is 5.77. The van der Waals surface area contributed by atoms with Gasteiger partial charge in [0.05, 0.1) is 5.54 Å². The van der Waals surface area contributed by atoms with Gasteiger partial charge in [-0.3, -0.25) is 0 Å². The number of cyclic esters (lactones) is 1. The third kappa shape index (κ3) is 0.574. The van der Waals surface area contributed by atoms with Crippen molar-refractivity contribution in [3.63, 3.8) is 0 Å². The molecule has 54 valence electrons. The van der Waals surface area contributed by atoms with E-state index in [1.807, 2.05) is 6.08 Å². The van der Waals surface area contributed by atoms with E-state index < -0.39 is 0 Å². The third-order valence-corrected chi connectivity index (χ3v) is 2.23. The van der Waals surface area contributed by atoms with E-state index in [-0.39, 0.29) is 11.6 Å². The van der Waals surface area contributed by atoms with Gasteiger partial charge in [0, 0.05) is 5.92 Å². The monoisotopic (exact) mass is 139 g/mol. The van der Waals surface area contributed by atoms with Gasteiger partial charge in [-0.05, 0) is 6.42 Å². The minimum absolute atomic E-state index is 0.0567. The lowest BCUT2D eigenvalue weighted by Crippen LogP contribution is -2.29. The summed E-state index contributed by atoms with van der Waals surface area (Å²) in [6.45, 7) is 4.18. The molecule has 0 radical (unpaired) electrons. The minimum atomic E-state index is -0.288. The number of hydrogen-bond acceptors (Lipinski definition) is 2. The number of rotatable bonds is 1. The van der Waals surface area contributed by atoms with Crippen LogP contribution >= 0.6 is 0 Å². The Kier molecular flexibility index (Phi) is 0.886. The molecule has 1 N–H and O–H groups in total. The molecule has 10 heavy (non-hydrogen) atoms. The smallest absolute Gasteiger partial charge is 0.407 e. The van der Waals surface area contributed by atoms with Crippen LogP contribution < -0.4 is 5.32 Å². The summed E-state index contributed by atoms with van der Waals surface area (Å²) in [5.74, 6) is 0.430. The Balaban J connectivity index is 2.08. The van der Waals surface area contributed by atoms with Gasteiger partial charge in [0.25, 0.3) is 0 Å². The van der Waals surface area contributed by atoms with Gasteiger partial charge in [-0.1, -0.05) is 6.08 Å². The van der Waals surface area contributed by atoms with E-state index in [2.05, 4.69) is 11.9 Å². The van der Waals surface area contributed by atoms with E-state index in [0.29, 0.717) is 12.5 Å². The molecule has 1 amide bonds. The molecule has 3 nitrogen and oxygen atoms in total. The molecular formula is C7H9NO2. The van der Waals surface area contributed by atoms with Crippen LogP contribution in [0.15, 0.2) is 12.7 Å². The summed E-state index contributed by atoms with van der Waals surface area (Å²) in [6, 6.07) is 0. The van der Waals surface area contributed by atoms with Gasteiger partial charge >= 0.3 is 6.09 Å². The van der Waals surface area contributed by atoms with Crippen LogP contribution in [0.5, 0.6) is 0 Å². The standard InChI is InChI=1S/C7H9NO2/c1-2-5-3-7(5)4-10-6(9)8-7/h2,5H,1,3-4H2,(H,8,9)/t5-,7-/m1/s1. The van der Waals surface area contributed by atoms with Crippen LogP contribution in [0.3, 0.4) is 0 Å². The maximum Gasteiger partial charge on any atom is 0.407 e. The fourth-order valence-corrected chi connectivity index (χ4v) is 1.42. The average molecular weight is 139 g/mol. The predicted molar refractivity (Wildman–Crippen MR) is 35.5 cm³/mol. The van der Waals surface area contributed by atoms with Gasteiger partial charge in [-0.25, -0.2) is 4.79 Å². The normalized spacial score (nSPS) is 42.8. The first-order chi connectivity index (χ1) is 4.77. The molecule has 3 heteroatoms. The number of amides is 1. The molecule has 1 saturated heterocycles. The molecule has 2 rings (SSSR count). The Labute approximate surface area is 59.1 Å². The number of carbonyl (C=O) groups excluding carboxylic acids is 1. The van der Waals surface area contributed by atoms with Crippen molar-refractivity contribution >= 4 is 6.09 Å². The molecule has 1 saturated carbocycles. The lowest BCUT2D eigenvalue weighted by molar-refractivity contribution is 0.176. The van der Waals surface area contributed by atoms with Crippen LogP contribution in [0.25, 0.3) is 0 Å². The molecule has 0 aromatic carbocycles. The number of carbonyl (C=O) groups is 1. The summed E-state index contributed by atoms with van der Waals surface area (Å²) in [4.78, 5) is 10.6. The van der Waals surface area contributed by atoms with Gasteiger partial charge in [0.1, 0.15) is 6.61 Å². The summed E-state index contributed by atoms with van der Waals surface area (Å²) in [5.41, 5.74) is -0.0567. The molecule has 1 aliphatic heterocycles. The van der Waals surface area contributed by atoms with Crippen molar-refractivity contribution in [1.82, 2.24) is 5.32 Å². The van der Waals surface area contributed by atoms with Crippen molar-refractivity contribution in [3.05, 3.63) is 12.7 Å². The predicted octanol–water partition coefficient (Wildman–Crippen LogP) is 0.671. The van der Waals surface area contributed by atoms with E-state index in [0.717, 1.165) is 6.42 Å². The van der Waals surface area contributed by atoms with Gasteiger partial charge in [0.15, 0.2) is 0 Å². The first-order valence-corrected chi connectivity index (χ1v) is 3.34. The number of ether oxygens (including phenoxy) is 1. The van der Waals surface area contributed by atoms with Gasteiger partial charge in [-0.2, -0.15) is 0 Å². The molecule has 1 heterocycles. The van der Waals surface area contributed by atoms with Crippen molar-refractivity contribution in [2.45, 2.75) is 12.0 Å². The molecule has 0 unspecified atom stereocenters. The molecule has 2 atom stereocenters. The van der Waals surface area contributed by atoms with Crippen LogP contribution in [0.4, 0.5) is 4.79 Å². The molecule has 0 bridgehead atoms. The van der Waals surface area contributed by atoms with E-state index in [1.54, 1.807) is 0 Å². The first-order valence-electron chi connectivity index (χ1n) is 3.34. The summed E-state index contributed by atoms with van der Waals surface area (Å²) < 4.78 is 4.76. The Morgan fingerprint density at radius 1 is 1.90 bits per heavy atom. The van der Waals surface area contributed by atoms with E-state index in [1.165, 1.54) is 0 Å². The minimum Gasteiger partial charge on any atom is -0.447 e. The Bertz CT molecular complexity index is 202. The molecule has 0 aromatic rings.